The first kappa shape index (κ1) is 102. The maximum Gasteiger partial charge on any atom is 0.472 e. The number of esters is 4. The Labute approximate surface area is 638 Å². The summed E-state index contributed by atoms with van der Waals surface area (Å²) in [5.41, 5.74) is 0. The van der Waals surface area contributed by atoms with Crippen LogP contribution in [0.15, 0.2) is 0 Å². The number of rotatable bonds is 85. The average molecular weight is 1520 g/mol. The Morgan fingerprint density at radius 2 is 0.442 bits per heavy atom. The van der Waals surface area contributed by atoms with Gasteiger partial charge in [-0.05, 0) is 31.6 Å². The quantitative estimate of drug-likeness (QED) is 0.0222. The zero-order chi connectivity index (χ0) is 76.2. The normalized spacial score (nSPS) is 13.8. The highest BCUT2D eigenvalue weighted by atomic mass is 31.2. The molecule has 2 unspecified atom stereocenters. The minimum atomic E-state index is -4.96. The zero-order valence-corrected chi connectivity index (χ0v) is 70.0. The van der Waals surface area contributed by atoms with E-state index in [0.717, 1.165) is 95.8 Å². The van der Waals surface area contributed by atoms with E-state index in [0.29, 0.717) is 25.7 Å². The number of aliphatic hydroxyl groups is 1. The molecule has 0 aliphatic carbocycles. The zero-order valence-electron chi connectivity index (χ0n) is 68.2. The third kappa shape index (κ3) is 78.2. The van der Waals surface area contributed by atoms with Crippen LogP contribution in [0, 0.1) is 5.92 Å². The fourth-order valence-corrected chi connectivity index (χ4v) is 14.9. The van der Waals surface area contributed by atoms with Crippen LogP contribution >= 0.6 is 15.6 Å². The Balaban J connectivity index is 5.26. The van der Waals surface area contributed by atoms with Gasteiger partial charge >= 0.3 is 39.5 Å². The Morgan fingerprint density at radius 1 is 0.260 bits per heavy atom. The second-order valence-electron chi connectivity index (χ2n) is 31.1. The first-order valence-corrected chi connectivity index (χ1v) is 47.1. The Bertz CT molecular complexity index is 1980. The molecule has 0 spiro atoms. The van der Waals surface area contributed by atoms with Gasteiger partial charge in [-0.1, -0.05) is 407 Å². The van der Waals surface area contributed by atoms with Gasteiger partial charge in [0.1, 0.15) is 19.3 Å². The number of carbonyl (C=O) groups is 4. The summed E-state index contributed by atoms with van der Waals surface area (Å²) in [6, 6.07) is 0. The molecule has 0 radical (unpaired) electrons. The van der Waals surface area contributed by atoms with E-state index in [2.05, 4.69) is 34.6 Å². The van der Waals surface area contributed by atoms with E-state index in [1.165, 1.54) is 283 Å². The summed E-state index contributed by atoms with van der Waals surface area (Å²) < 4.78 is 68.9. The second-order valence-corrected chi connectivity index (χ2v) is 34.0. The van der Waals surface area contributed by atoms with Crippen LogP contribution in [0.2, 0.25) is 0 Å². The molecule has 0 fully saturated rings. The van der Waals surface area contributed by atoms with Crippen molar-refractivity contribution in [3.63, 3.8) is 0 Å². The van der Waals surface area contributed by atoms with Crippen molar-refractivity contribution in [3.05, 3.63) is 0 Å². The van der Waals surface area contributed by atoms with Gasteiger partial charge in [-0.2, -0.15) is 0 Å². The Kier molecular flexibility index (Phi) is 76.3. The molecule has 0 rings (SSSR count). The largest absolute Gasteiger partial charge is 0.472 e. The molecule has 0 heterocycles. The minimum absolute atomic E-state index is 0.109. The topological polar surface area (TPSA) is 237 Å². The number of ether oxygens (including phenoxy) is 4. The lowest BCUT2D eigenvalue weighted by Crippen LogP contribution is -2.30. The fraction of sp³-hybridized carbons (Fsp3) is 0.953. The van der Waals surface area contributed by atoms with Crippen molar-refractivity contribution in [2.24, 2.45) is 5.92 Å². The molecule has 0 aliphatic rings. The predicted molar refractivity (Wildman–Crippen MR) is 428 cm³/mol. The number of unbranched alkanes of at least 4 members (excludes halogenated alkanes) is 57. The van der Waals surface area contributed by atoms with Crippen LogP contribution in [0.25, 0.3) is 0 Å². The maximum atomic E-state index is 13.1. The summed E-state index contributed by atoms with van der Waals surface area (Å²) in [5.74, 6) is -1.30. The molecule has 0 saturated carbocycles. The summed E-state index contributed by atoms with van der Waals surface area (Å²) in [6.07, 6.45) is 70.6. The van der Waals surface area contributed by atoms with Crippen LogP contribution in [0.1, 0.15) is 458 Å². The smallest absolute Gasteiger partial charge is 0.462 e. The van der Waals surface area contributed by atoms with Gasteiger partial charge in [0.2, 0.25) is 0 Å². The molecule has 104 heavy (non-hydrogen) atoms. The Morgan fingerprint density at radius 3 is 0.654 bits per heavy atom. The number of phosphoric acid groups is 2. The van der Waals surface area contributed by atoms with Crippen molar-refractivity contribution in [1.29, 1.82) is 0 Å². The van der Waals surface area contributed by atoms with E-state index in [9.17, 15) is 43.2 Å². The van der Waals surface area contributed by atoms with Gasteiger partial charge in [0, 0.05) is 25.7 Å². The van der Waals surface area contributed by atoms with Gasteiger partial charge in [0.15, 0.2) is 12.2 Å². The predicted octanol–water partition coefficient (Wildman–Crippen LogP) is 26.0. The molecule has 0 aromatic heterocycles. The van der Waals surface area contributed by atoms with Gasteiger partial charge < -0.3 is 33.8 Å². The maximum absolute atomic E-state index is 13.1. The second kappa shape index (κ2) is 77.8. The number of hydrogen-bond donors (Lipinski definition) is 3. The van der Waals surface area contributed by atoms with E-state index >= 15 is 0 Å². The third-order valence-corrected chi connectivity index (χ3v) is 21.9. The van der Waals surface area contributed by atoms with Gasteiger partial charge in [-0.15, -0.1) is 0 Å². The lowest BCUT2D eigenvalue weighted by molar-refractivity contribution is -0.161. The van der Waals surface area contributed by atoms with E-state index in [4.69, 9.17) is 37.0 Å². The van der Waals surface area contributed by atoms with Crippen molar-refractivity contribution in [2.45, 2.75) is 477 Å². The number of carbonyl (C=O) groups excluding carboxylic acids is 4. The van der Waals surface area contributed by atoms with Crippen LogP contribution in [-0.2, 0) is 65.4 Å². The SMILES string of the molecule is CCCCCCCCCCCCCCCCCCCCCC(=O)O[C@H](COC(=O)CCCCCCCCCCCCCCCCC(C)C)COP(=O)(O)OC[C@@H](O)COP(=O)(O)OC[C@@H](COC(=O)CCCCCCCCCCCCCCC)OC(=O)CCCCCCCCCCCCCCCCC. The van der Waals surface area contributed by atoms with Gasteiger partial charge in [0.05, 0.1) is 26.4 Å². The van der Waals surface area contributed by atoms with E-state index in [-0.39, 0.29) is 25.7 Å². The molecule has 17 nitrogen and oxygen atoms in total. The molecule has 5 atom stereocenters. The fourth-order valence-electron chi connectivity index (χ4n) is 13.3. The van der Waals surface area contributed by atoms with E-state index in [1.54, 1.807) is 0 Å². The van der Waals surface area contributed by atoms with E-state index < -0.39 is 97.5 Å². The first-order chi connectivity index (χ1) is 50.5. The summed E-state index contributed by atoms with van der Waals surface area (Å²) in [7, 11) is -9.93. The molecule has 0 bridgehead atoms. The lowest BCUT2D eigenvalue weighted by Gasteiger charge is -2.21. The van der Waals surface area contributed by atoms with Crippen molar-refractivity contribution in [1.82, 2.24) is 0 Å². The van der Waals surface area contributed by atoms with Crippen molar-refractivity contribution >= 4 is 39.5 Å². The van der Waals surface area contributed by atoms with Crippen LogP contribution < -0.4 is 0 Å². The van der Waals surface area contributed by atoms with Crippen LogP contribution in [-0.4, -0.2) is 96.7 Å². The molecule has 3 N–H and O–H groups in total. The molecular formula is C85H166O17P2. The van der Waals surface area contributed by atoms with Gasteiger partial charge in [-0.3, -0.25) is 37.3 Å². The summed E-state index contributed by atoms with van der Waals surface area (Å²) in [6.45, 7) is 7.39. The molecule has 0 aromatic carbocycles. The number of hydrogen-bond acceptors (Lipinski definition) is 15. The number of aliphatic hydroxyl groups excluding tert-OH is 1. The van der Waals surface area contributed by atoms with Gasteiger partial charge in [0.25, 0.3) is 0 Å². The monoisotopic (exact) mass is 1520 g/mol. The highest BCUT2D eigenvalue weighted by molar-refractivity contribution is 7.47. The van der Waals surface area contributed by atoms with Crippen molar-refractivity contribution in [3.8, 4) is 0 Å². The van der Waals surface area contributed by atoms with Crippen molar-refractivity contribution in [2.75, 3.05) is 39.6 Å². The summed E-state index contributed by atoms with van der Waals surface area (Å²) in [5, 5.41) is 10.7. The molecule has 0 amide bonds. The lowest BCUT2D eigenvalue weighted by atomic mass is 10.0. The number of phosphoric ester groups is 2. The molecular weight excluding hydrogens is 1350 g/mol. The molecule has 618 valence electrons. The van der Waals surface area contributed by atoms with E-state index in [1.807, 2.05) is 0 Å². The van der Waals surface area contributed by atoms with Crippen molar-refractivity contribution < 1.29 is 80.2 Å². The molecule has 0 aliphatic heterocycles. The average Bonchev–Trinajstić information content (AvgIpc) is 0.903. The Hall–Kier alpha value is -1.94. The van der Waals surface area contributed by atoms with Gasteiger partial charge in [-0.25, -0.2) is 9.13 Å². The molecule has 0 aromatic rings. The van der Waals surface area contributed by atoms with Crippen LogP contribution in [0.4, 0.5) is 0 Å². The highest BCUT2D eigenvalue weighted by Crippen LogP contribution is 2.45. The third-order valence-electron chi connectivity index (χ3n) is 20.0. The molecule has 0 saturated heterocycles. The van der Waals surface area contributed by atoms with Crippen LogP contribution in [0.5, 0.6) is 0 Å². The highest BCUT2D eigenvalue weighted by Gasteiger charge is 2.30. The summed E-state index contributed by atoms with van der Waals surface area (Å²) >= 11 is 0. The summed E-state index contributed by atoms with van der Waals surface area (Å²) in [4.78, 5) is 73.2. The molecule has 19 heteroatoms. The first-order valence-electron chi connectivity index (χ1n) is 44.1. The van der Waals surface area contributed by atoms with Crippen LogP contribution in [0.3, 0.4) is 0 Å². The minimum Gasteiger partial charge on any atom is -0.462 e. The standard InChI is InChI=1S/C85H166O17P2/c1-6-9-12-15-18-21-24-27-29-30-31-32-34-41-46-51-56-61-66-71-85(90)102-81(75-96-83(88)69-64-59-54-49-44-39-36-35-38-42-47-52-57-62-67-78(4)5)77-100-104(93,94)98-73-79(86)72-97-103(91,92)99-76-80(74-95-82(87)68-63-58-53-48-43-37-26-23-20-17-14-11-8-3)101-84(89)70-65-60-55-50-45-40-33-28-25-22-19-16-13-10-7-2/h78-81,86H,6-77H2,1-5H3,(H,91,92)(H,93,94)/t79-,80+,81+/m0/s1.